The summed E-state index contributed by atoms with van der Waals surface area (Å²) < 4.78 is 0. The summed E-state index contributed by atoms with van der Waals surface area (Å²) in [6, 6.07) is 0.389. The first-order chi connectivity index (χ1) is 8.71. The minimum absolute atomic E-state index is 0.150. The summed E-state index contributed by atoms with van der Waals surface area (Å²) in [7, 11) is 0. The molecule has 4 nitrogen and oxygen atoms in total. The van der Waals surface area contributed by atoms with Crippen LogP contribution < -0.4 is 11.1 Å². The standard InChI is InChI=1S/C14H29N3O/c1-3-5-7-16-14(18)11-17-8-6-12(4-2)9-13(17)10-15/h12-13H,3-11,15H2,1-2H3,(H,16,18). The predicted octanol–water partition coefficient (Wildman–Crippen LogP) is 1.35. The number of carbonyl (C=O) groups is 1. The van der Waals surface area contributed by atoms with Crippen molar-refractivity contribution in [2.45, 2.75) is 52.0 Å². The van der Waals surface area contributed by atoms with Crippen LogP contribution in [0.15, 0.2) is 0 Å². The molecule has 1 aliphatic rings. The number of hydrogen-bond donors (Lipinski definition) is 2. The molecule has 106 valence electrons. The second kappa shape index (κ2) is 8.48. The van der Waals surface area contributed by atoms with Gasteiger partial charge in [-0.2, -0.15) is 0 Å². The molecule has 0 radical (unpaired) electrons. The van der Waals surface area contributed by atoms with Crippen LogP contribution in [0.2, 0.25) is 0 Å². The lowest BCUT2D eigenvalue weighted by molar-refractivity contribution is -0.123. The van der Waals surface area contributed by atoms with Crippen molar-refractivity contribution in [2.75, 3.05) is 26.2 Å². The van der Waals surface area contributed by atoms with Crippen molar-refractivity contribution in [3.05, 3.63) is 0 Å². The molecule has 0 aromatic heterocycles. The van der Waals surface area contributed by atoms with Crippen molar-refractivity contribution in [3.63, 3.8) is 0 Å². The number of unbranched alkanes of at least 4 members (excludes halogenated alkanes) is 1. The number of amides is 1. The first-order valence-corrected chi connectivity index (χ1v) is 7.42. The molecule has 4 heteroatoms. The summed E-state index contributed by atoms with van der Waals surface area (Å²) in [5, 5.41) is 2.98. The average molecular weight is 255 g/mol. The Morgan fingerprint density at radius 2 is 2.22 bits per heavy atom. The second-order valence-corrected chi connectivity index (χ2v) is 5.36. The van der Waals surface area contributed by atoms with Gasteiger partial charge in [0.05, 0.1) is 6.54 Å². The number of nitrogens with two attached hydrogens (primary N) is 1. The molecule has 0 bridgehead atoms. The molecule has 0 spiro atoms. The van der Waals surface area contributed by atoms with E-state index in [9.17, 15) is 4.79 Å². The Balaban J connectivity index is 2.33. The quantitative estimate of drug-likeness (QED) is 0.675. The van der Waals surface area contributed by atoms with E-state index in [0.29, 0.717) is 19.1 Å². The Morgan fingerprint density at radius 3 is 2.83 bits per heavy atom. The van der Waals surface area contributed by atoms with Gasteiger partial charge in [-0.1, -0.05) is 26.7 Å². The van der Waals surface area contributed by atoms with Crippen LogP contribution in [-0.2, 0) is 4.79 Å². The van der Waals surface area contributed by atoms with E-state index in [1.807, 2.05) is 0 Å². The van der Waals surface area contributed by atoms with Crippen molar-refractivity contribution >= 4 is 5.91 Å². The molecule has 2 atom stereocenters. The number of nitrogens with zero attached hydrogens (tertiary/aromatic N) is 1. The number of piperidine rings is 1. The van der Waals surface area contributed by atoms with Gasteiger partial charge in [0, 0.05) is 19.1 Å². The molecular formula is C14H29N3O. The Morgan fingerprint density at radius 1 is 1.44 bits per heavy atom. The molecule has 0 saturated carbocycles. The third kappa shape index (κ3) is 4.94. The lowest BCUT2D eigenvalue weighted by atomic mass is 9.89. The summed E-state index contributed by atoms with van der Waals surface area (Å²) in [5.74, 6) is 0.940. The number of nitrogens with one attached hydrogen (secondary N) is 1. The fraction of sp³-hybridized carbons (Fsp3) is 0.929. The minimum atomic E-state index is 0.150. The first-order valence-electron chi connectivity index (χ1n) is 7.42. The van der Waals surface area contributed by atoms with Gasteiger partial charge >= 0.3 is 0 Å². The SMILES string of the molecule is CCCCNC(=O)CN1CCC(CC)CC1CN. The molecule has 3 N–H and O–H groups in total. The van der Waals surface area contributed by atoms with Crippen molar-refractivity contribution in [3.8, 4) is 0 Å². The topological polar surface area (TPSA) is 58.4 Å². The van der Waals surface area contributed by atoms with Gasteiger partial charge in [-0.25, -0.2) is 0 Å². The first kappa shape index (κ1) is 15.4. The van der Waals surface area contributed by atoms with Crippen LogP contribution in [0.3, 0.4) is 0 Å². The van der Waals surface area contributed by atoms with Gasteiger partial charge in [-0.3, -0.25) is 9.69 Å². The van der Waals surface area contributed by atoms with Gasteiger partial charge in [-0.05, 0) is 31.7 Å². The summed E-state index contributed by atoms with van der Waals surface area (Å²) in [5.41, 5.74) is 5.83. The summed E-state index contributed by atoms with van der Waals surface area (Å²) in [6.07, 6.45) is 5.76. The van der Waals surface area contributed by atoms with Crippen LogP contribution >= 0.6 is 0 Å². The van der Waals surface area contributed by atoms with Gasteiger partial charge in [0.25, 0.3) is 0 Å². The summed E-state index contributed by atoms with van der Waals surface area (Å²) in [4.78, 5) is 14.1. The van der Waals surface area contributed by atoms with E-state index in [0.717, 1.165) is 38.3 Å². The zero-order valence-electron chi connectivity index (χ0n) is 12.0. The highest BCUT2D eigenvalue weighted by Crippen LogP contribution is 2.24. The van der Waals surface area contributed by atoms with Crippen LogP contribution in [-0.4, -0.2) is 43.0 Å². The number of carbonyl (C=O) groups excluding carboxylic acids is 1. The van der Waals surface area contributed by atoms with E-state index in [4.69, 9.17) is 5.73 Å². The van der Waals surface area contributed by atoms with Crippen LogP contribution in [0.1, 0.15) is 46.0 Å². The smallest absolute Gasteiger partial charge is 0.234 e. The van der Waals surface area contributed by atoms with Gasteiger partial charge in [0.15, 0.2) is 0 Å². The molecule has 1 rings (SSSR count). The highest BCUT2D eigenvalue weighted by molar-refractivity contribution is 5.78. The fourth-order valence-electron chi connectivity index (χ4n) is 2.65. The lowest BCUT2D eigenvalue weighted by Crippen LogP contribution is -2.50. The molecular weight excluding hydrogens is 226 g/mol. The highest BCUT2D eigenvalue weighted by Gasteiger charge is 2.27. The molecule has 0 aromatic rings. The minimum Gasteiger partial charge on any atom is -0.355 e. The van der Waals surface area contributed by atoms with Crippen LogP contribution in [0.25, 0.3) is 0 Å². The van der Waals surface area contributed by atoms with E-state index in [-0.39, 0.29) is 5.91 Å². The van der Waals surface area contributed by atoms with E-state index >= 15 is 0 Å². The molecule has 1 heterocycles. The maximum atomic E-state index is 11.8. The van der Waals surface area contributed by atoms with Crippen LogP contribution in [0.4, 0.5) is 0 Å². The average Bonchev–Trinajstić information content (AvgIpc) is 2.39. The van der Waals surface area contributed by atoms with Crippen molar-refractivity contribution in [2.24, 2.45) is 11.7 Å². The Hall–Kier alpha value is -0.610. The molecule has 1 amide bonds. The Bertz CT molecular complexity index is 245. The van der Waals surface area contributed by atoms with Crippen molar-refractivity contribution in [1.82, 2.24) is 10.2 Å². The molecule has 1 saturated heterocycles. The zero-order valence-corrected chi connectivity index (χ0v) is 12.0. The van der Waals surface area contributed by atoms with Crippen molar-refractivity contribution in [1.29, 1.82) is 0 Å². The van der Waals surface area contributed by atoms with Gasteiger partial charge in [0.1, 0.15) is 0 Å². The monoisotopic (exact) mass is 255 g/mol. The fourth-order valence-corrected chi connectivity index (χ4v) is 2.65. The summed E-state index contributed by atoms with van der Waals surface area (Å²) in [6.45, 7) is 7.37. The highest BCUT2D eigenvalue weighted by atomic mass is 16.2. The molecule has 0 aliphatic carbocycles. The number of rotatable bonds is 7. The largest absolute Gasteiger partial charge is 0.355 e. The summed E-state index contributed by atoms with van der Waals surface area (Å²) >= 11 is 0. The van der Waals surface area contributed by atoms with Crippen molar-refractivity contribution < 1.29 is 4.79 Å². The Labute approximate surface area is 111 Å². The maximum absolute atomic E-state index is 11.8. The molecule has 0 aromatic carbocycles. The second-order valence-electron chi connectivity index (χ2n) is 5.36. The molecule has 1 fully saturated rings. The third-order valence-electron chi connectivity index (χ3n) is 3.99. The van der Waals surface area contributed by atoms with Gasteiger partial charge in [-0.15, -0.1) is 0 Å². The molecule has 18 heavy (non-hydrogen) atoms. The maximum Gasteiger partial charge on any atom is 0.234 e. The van der Waals surface area contributed by atoms with E-state index < -0.39 is 0 Å². The number of likely N-dealkylation sites (tertiary alicyclic amines) is 1. The normalized spacial score (nSPS) is 25.1. The van der Waals surface area contributed by atoms with Crippen LogP contribution in [0, 0.1) is 5.92 Å². The van der Waals surface area contributed by atoms with E-state index in [2.05, 4.69) is 24.1 Å². The molecule has 1 aliphatic heterocycles. The van der Waals surface area contributed by atoms with E-state index in [1.54, 1.807) is 0 Å². The van der Waals surface area contributed by atoms with E-state index in [1.165, 1.54) is 12.8 Å². The lowest BCUT2D eigenvalue weighted by Gasteiger charge is -2.38. The number of hydrogen-bond acceptors (Lipinski definition) is 3. The van der Waals surface area contributed by atoms with Gasteiger partial charge < -0.3 is 11.1 Å². The molecule has 2 unspecified atom stereocenters. The predicted molar refractivity (Wildman–Crippen MR) is 75.3 cm³/mol. The van der Waals surface area contributed by atoms with Gasteiger partial charge in [0.2, 0.25) is 5.91 Å². The third-order valence-corrected chi connectivity index (χ3v) is 3.99. The zero-order chi connectivity index (χ0) is 13.4. The van der Waals surface area contributed by atoms with Crippen LogP contribution in [0.5, 0.6) is 0 Å². The Kier molecular flexibility index (Phi) is 7.28.